The van der Waals surface area contributed by atoms with Gasteiger partial charge in [-0.1, -0.05) is 100 Å². The van der Waals surface area contributed by atoms with Crippen LogP contribution in [0.25, 0.3) is 72.4 Å². The zero-order chi connectivity index (χ0) is 43.9. The van der Waals surface area contributed by atoms with Crippen LogP contribution < -0.4 is 4.40 Å². The molecule has 0 aliphatic carbocycles. The molecule has 3 aromatic heterocycles. The van der Waals surface area contributed by atoms with Crippen molar-refractivity contribution >= 4 is 50.6 Å². The summed E-state index contributed by atoms with van der Waals surface area (Å²) >= 11 is -1.86. The zero-order valence-electron chi connectivity index (χ0n) is 38.6. The Labute approximate surface area is 390 Å². The van der Waals surface area contributed by atoms with E-state index in [4.69, 9.17) is 14.4 Å². The summed E-state index contributed by atoms with van der Waals surface area (Å²) in [5.41, 5.74) is 16.9. The molecule has 0 aliphatic rings. The Morgan fingerprint density at radius 3 is 2.06 bits per heavy atom. The van der Waals surface area contributed by atoms with Gasteiger partial charge in [-0.3, -0.25) is 4.98 Å². The van der Waals surface area contributed by atoms with Crippen molar-refractivity contribution < 1.29 is 24.5 Å². The SMILES string of the molecule is CC(C)Cc1cc(-c2[c-]cccc2)nc[c]1[Ge]([CH3])([CH3])[CH3].Cc1ccc2c(c1)oc1c(-c3nc4ccccc4n3-c3c(C(C)C)cc(-c4ccccc4)cc3C(C)C)[c-]cc(C)c12.[Ir]. The number of pyridine rings is 1. The summed E-state index contributed by atoms with van der Waals surface area (Å²) in [6, 6.07) is 49.7. The molecule has 0 unspecified atom stereocenters. The van der Waals surface area contributed by atoms with Gasteiger partial charge in [-0.15, -0.1) is 17.7 Å². The van der Waals surface area contributed by atoms with Gasteiger partial charge in [0, 0.05) is 31.2 Å². The number of nitrogens with zero attached hydrogens (tertiary/aromatic N) is 3. The summed E-state index contributed by atoms with van der Waals surface area (Å²) in [5, 5.41) is 2.26. The molecule has 4 nitrogen and oxygen atoms in total. The van der Waals surface area contributed by atoms with Crippen LogP contribution in [0.2, 0.25) is 17.3 Å². The molecular formula is C57H59GeIrN3O-2. The predicted octanol–water partition coefficient (Wildman–Crippen LogP) is 15.2. The van der Waals surface area contributed by atoms with Crippen LogP contribution in [-0.4, -0.2) is 27.8 Å². The van der Waals surface area contributed by atoms with Crippen molar-refractivity contribution in [1.82, 2.24) is 14.5 Å². The maximum absolute atomic E-state index is 6.63. The van der Waals surface area contributed by atoms with Crippen LogP contribution in [0.4, 0.5) is 0 Å². The van der Waals surface area contributed by atoms with Crippen LogP contribution in [0.15, 0.2) is 132 Å². The Hall–Kier alpha value is -5.07. The average Bonchev–Trinajstić information content (AvgIpc) is 3.82. The topological polar surface area (TPSA) is 43.9 Å². The van der Waals surface area contributed by atoms with Crippen molar-refractivity contribution in [3.05, 3.63) is 167 Å². The Morgan fingerprint density at radius 2 is 1.41 bits per heavy atom. The normalized spacial score (nSPS) is 11.8. The fourth-order valence-corrected chi connectivity index (χ4v) is 12.1. The van der Waals surface area contributed by atoms with Crippen LogP contribution >= 0.6 is 0 Å². The van der Waals surface area contributed by atoms with Gasteiger partial charge < -0.3 is 8.98 Å². The van der Waals surface area contributed by atoms with E-state index >= 15 is 0 Å². The Balaban J connectivity index is 0.000000239. The number of imidazole rings is 1. The molecular weight excluding hydrogens is 1010 g/mol. The summed E-state index contributed by atoms with van der Waals surface area (Å²) < 4.78 is 10.5. The first-order valence-corrected chi connectivity index (χ1v) is 29.6. The van der Waals surface area contributed by atoms with Crippen LogP contribution in [0.5, 0.6) is 0 Å². The van der Waals surface area contributed by atoms with Crippen LogP contribution in [-0.2, 0) is 26.5 Å². The third-order valence-electron chi connectivity index (χ3n) is 11.8. The molecule has 9 rings (SSSR count). The molecule has 0 aliphatic heterocycles. The van der Waals surface area contributed by atoms with Gasteiger partial charge in [-0.05, 0) is 76.9 Å². The predicted molar refractivity (Wildman–Crippen MR) is 266 cm³/mol. The van der Waals surface area contributed by atoms with Crippen molar-refractivity contribution in [2.24, 2.45) is 5.92 Å². The summed E-state index contributed by atoms with van der Waals surface area (Å²) in [6.45, 7) is 18.0. The molecule has 6 aromatic carbocycles. The van der Waals surface area contributed by atoms with Gasteiger partial charge in [0.2, 0.25) is 0 Å². The minimum Gasteiger partial charge on any atom is -0.501 e. The number of hydrogen-bond acceptors (Lipinski definition) is 3. The fraction of sp³-hybridized carbons (Fsp3) is 0.263. The molecule has 0 saturated carbocycles. The number of rotatable bonds is 9. The van der Waals surface area contributed by atoms with Gasteiger partial charge in [0.1, 0.15) is 5.58 Å². The van der Waals surface area contributed by atoms with E-state index in [1.54, 1.807) is 4.40 Å². The number of aromatic nitrogens is 3. The van der Waals surface area contributed by atoms with E-state index in [0.717, 1.165) is 67.6 Å². The van der Waals surface area contributed by atoms with E-state index < -0.39 is 13.3 Å². The number of furan rings is 1. The van der Waals surface area contributed by atoms with E-state index in [1.807, 2.05) is 18.2 Å². The Morgan fingerprint density at radius 1 is 0.730 bits per heavy atom. The summed E-state index contributed by atoms with van der Waals surface area (Å²) in [4.78, 5) is 9.98. The number of fused-ring (bicyclic) bond motifs is 4. The number of para-hydroxylation sites is 2. The minimum absolute atomic E-state index is 0. The van der Waals surface area contributed by atoms with E-state index in [1.165, 1.54) is 39.1 Å². The first kappa shape index (κ1) is 45.9. The zero-order valence-corrected chi connectivity index (χ0v) is 43.1. The first-order valence-electron chi connectivity index (χ1n) is 22.2. The maximum Gasteiger partial charge on any atom is 0.121 e. The number of aryl methyl sites for hydroxylation is 2. The van der Waals surface area contributed by atoms with Gasteiger partial charge in [-0.25, -0.2) is 0 Å². The van der Waals surface area contributed by atoms with Crippen LogP contribution in [0.1, 0.15) is 81.2 Å². The third-order valence-corrected chi connectivity index (χ3v) is 16.2. The summed E-state index contributed by atoms with van der Waals surface area (Å²) in [5.74, 6) is 9.44. The van der Waals surface area contributed by atoms with E-state index in [9.17, 15) is 0 Å². The van der Waals surface area contributed by atoms with Crippen molar-refractivity contribution in [2.75, 3.05) is 0 Å². The minimum atomic E-state index is -1.86. The maximum atomic E-state index is 6.63. The standard InChI is InChI=1S/C39H35N2O.C18H24GeN.Ir/c1-23(2)31-21-28(27-12-8-7-9-13-27)22-32(24(3)4)37(31)41-34-15-11-10-14-33(34)40-39(41)30-19-17-26(6)36-29-18-16-25(5)20-35(29)42-38(30)36;1-14(2)11-16-12-18(15-9-7-6-8-10-15)20-13-17(16)19(3,4)5;/h7-18,20-24H,1-6H3;6-9,12-14H,11H2,1-5H3;/q2*-1;. The molecule has 6 heteroatoms. The number of benzene rings is 6. The van der Waals surface area contributed by atoms with Gasteiger partial charge in [0.05, 0.1) is 22.4 Å². The molecule has 0 fully saturated rings. The largest absolute Gasteiger partial charge is 0.501 e. The van der Waals surface area contributed by atoms with Gasteiger partial charge in [0.15, 0.2) is 0 Å². The summed E-state index contributed by atoms with van der Waals surface area (Å²) in [7, 11) is 0. The first-order chi connectivity index (χ1) is 29.7. The van der Waals surface area contributed by atoms with Crippen molar-refractivity contribution in [1.29, 1.82) is 0 Å². The third kappa shape index (κ3) is 9.44. The average molecular weight is 1070 g/mol. The number of hydrogen-bond donors (Lipinski definition) is 0. The van der Waals surface area contributed by atoms with Crippen LogP contribution in [0, 0.1) is 31.9 Å². The monoisotopic (exact) mass is 1070 g/mol. The van der Waals surface area contributed by atoms with Crippen molar-refractivity contribution in [3.63, 3.8) is 0 Å². The van der Waals surface area contributed by atoms with Gasteiger partial charge in [0.25, 0.3) is 0 Å². The molecule has 63 heavy (non-hydrogen) atoms. The Kier molecular flexibility index (Phi) is 13.8. The molecule has 323 valence electrons. The molecule has 0 amide bonds. The Bertz CT molecular complexity index is 3000. The molecule has 0 atom stereocenters. The second-order valence-electron chi connectivity index (χ2n) is 18.9. The molecule has 1 radical (unpaired) electrons. The fourth-order valence-electron chi connectivity index (χ4n) is 8.77. The molecule has 0 spiro atoms. The van der Waals surface area contributed by atoms with Crippen molar-refractivity contribution in [2.45, 2.75) is 90.9 Å². The smallest absolute Gasteiger partial charge is 0.121 e. The van der Waals surface area contributed by atoms with Crippen molar-refractivity contribution in [3.8, 4) is 39.5 Å². The molecule has 3 heterocycles. The van der Waals surface area contributed by atoms with E-state index in [0.29, 0.717) is 17.8 Å². The molecule has 9 aromatic rings. The van der Waals surface area contributed by atoms with Gasteiger partial charge >= 0.3 is 126 Å². The van der Waals surface area contributed by atoms with E-state index in [-0.39, 0.29) is 20.1 Å². The molecule has 0 N–H and O–H groups in total. The molecule has 0 bridgehead atoms. The quantitative estimate of drug-likeness (QED) is 0.107. The van der Waals surface area contributed by atoms with Gasteiger partial charge in [-0.2, -0.15) is 0 Å². The second kappa shape index (κ2) is 19.0. The second-order valence-corrected chi connectivity index (χ2v) is 29.5. The summed E-state index contributed by atoms with van der Waals surface area (Å²) in [6.07, 6.45) is 3.27. The molecule has 0 saturated heterocycles. The van der Waals surface area contributed by atoms with E-state index in [2.05, 4.69) is 199 Å². The van der Waals surface area contributed by atoms with Crippen LogP contribution in [0.3, 0.4) is 0 Å².